The van der Waals surface area contributed by atoms with E-state index in [0.29, 0.717) is 0 Å². The number of aryl methyl sites for hydroxylation is 1. The highest BCUT2D eigenvalue weighted by Gasteiger charge is 2.22. The molecule has 0 N–H and O–H groups in total. The van der Waals surface area contributed by atoms with Crippen LogP contribution in [-0.2, 0) is 6.42 Å². The minimum Gasteiger partial charge on any atom is -0.204 e. The molecule has 1 saturated carbocycles. The summed E-state index contributed by atoms with van der Waals surface area (Å²) in [5, 5.41) is 0. The van der Waals surface area contributed by atoms with Gasteiger partial charge >= 0.3 is 0 Å². The number of rotatable bonds is 15. The van der Waals surface area contributed by atoms with Gasteiger partial charge in [-0.15, -0.1) is 0 Å². The van der Waals surface area contributed by atoms with Gasteiger partial charge in [-0.3, -0.25) is 0 Å². The third kappa shape index (κ3) is 10.2. The Kier molecular flexibility index (Phi) is 12.7. The molecule has 0 aliphatic heterocycles. The van der Waals surface area contributed by atoms with E-state index in [1.165, 1.54) is 133 Å². The molecule has 0 saturated heterocycles. The second kappa shape index (κ2) is 15.7. The maximum absolute atomic E-state index is 13.4. The molecule has 0 radical (unpaired) electrons. The average Bonchev–Trinajstić information content (AvgIpc) is 2.86. The Morgan fingerprint density at radius 1 is 0.676 bits per heavy atom. The first-order valence-electron chi connectivity index (χ1n) is 14.8. The Labute approximate surface area is 209 Å². The van der Waals surface area contributed by atoms with E-state index in [2.05, 4.69) is 13.0 Å². The topological polar surface area (TPSA) is 0 Å². The van der Waals surface area contributed by atoms with Gasteiger partial charge in [-0.1, -0.05) is 115 Å². The van der Waals surface area contributed by atoms with E-state index in [9.17, 15) is 8.78 Å². The number of benzene rings is 1. The second-order valence-electron chi connectivity index (χ2n) is 11.5. The Morgan fingerprint density at radius 3 is 1.97 bits per heavy atom. The molecule has 2 aliphatic rings. The average molecular weight is 473 g/mol. The van der Waals surface area contributed by atoms with Gasteiger partial charge in [0.1, 0.15) is 0 Å². The van der Waals surface area contributed by atoms with Crippen LogP contribution in [0.1, 0.15) is 134 Å². The summed E-state index contributed by atoms with van der Waals surface area (Å²) in [6.07, 6.45) is 29.8. The Morgan fingerprint density at radius 2 is 1.32 bits per heavy atom. The molecule has 192 valence electrons. The van der Waals surface area contributed by atoms with Crippen LogP contribution >= 0.6 is 0 Å². The first-order chi connectivity index (χ1) is 16.6. The Balaban J connectivity index is 1.21. The van der Waals surface area contributed by atoms with Crippen LogP contribution in [0.5, 0.6) is 0 Å². The van der Waals surface area contributed by atoms with Crippen LogP contribution in [0.4, 0.5) is 8.78 Å². The quantitative estimate of drug-likeness (QED) is 0.176. The zero-order valence-corrected chi connectivity index (χ0v) is 21.9. The van der Waals surface area contributed by atoms with Crippen molar-refractivity contribution >= 4 is 0 Å². The molecule has 2 aliphatic carbocycles. The van der Waals surface area contributed by atoms with E-state index < -0.39 is 11.6 Å². The monoisotopic (exact) mass is 472 g/mol. The Hall–Kier alpha value is -1.18. The van der Waals surface area contributed by atoms with Gasteiger partial charge in [0.15, 0.2) is 11.6 Å². The summed E-state index contributed by atoms with van der Waals surface area (Å²) in [5.74, 6) is 1.39. The zero-order valence-electron chi connectivity index (χ0n) is 21.9. The van der Waals surface area contributed by atoms with Gasteiger partial charge < -0.3 is 0 Å². The van der Waals surface area contributed by atoms with Crippen LogP contribution in [0.25, 0.3) is 0 Å². The lowest BCUT2D eigenvalue weighted by molar-refractivity contribution is 0.234. The van der Waals surface area contributed by atoms with Gasteiger partial charge in [0.2, 0.25) is 0 Å². The molecule has 0 amide bonds. The fourth-order valence-corrected chi connectivity index (χ4v) is 6.28. The van der Waals surface area contributed by atoms with Crippen molar-refractivity contribution < 1.29 is 8.78 Å². The summed E-state index contributed by atoms with van der Waals surface area (Å²) >= 11 is 0. The van der Waals surface area contributed by atoms with E-state index in [-0.39, 0.29) is 0 Å². The van der Waals surface area contributed by atoms with Crippen LogP contribution in [0, 0.1) is 29.4 Å². The summed E-state index contributed by atoms with van der Waals surface area (Å²) in [6, 6.07) is 4.32. The number of hydrogen-bond acceptors (Lipinski definition) is 0. The number of hydrogen-bond donors (Lipinski definition) is 0. The molecule has 0 nitrogen and oxygen atoms in total. The van der Waals surface area contributed by atoms with Crippen molar-refractivity contribution in [3.05, 3.63) is 47.0 Å². The van der Waals surface area contributed by atoms with Crippen LogP contribution < -0.4 is 0 Å². The molecule has 2 heteroatoms. The first kappa shape index (κ1) is 27.4. The van der Waals surface area contributed by atoms with E-state index in [1.807, 2.05) is 0 Å². The summed E-state index contributed by atoms with van der Waals surface area (Å²) in [4.78, 5) is 0. The molecule has 1 aromatic rings. The molecular weight excluding hydrogens is 422 g/mol. The van der Waals surface area contributed by atoms with Gasteiger partial charge in [-0.25, -0.2) is 8.78 Å². The van der Waals surface area contributed by atoms with Crippen molar-refractivity contribution in [1.29, 1.82) is 0 Å². The van der Waals surface area contributed by atoms with Crippen LogP contribution in [0.2, 0.25) is 0 Å². The number of allylic oxidation sites excluding steroid dienone is 2. The van der Waals surface area contributed by atoms with Gasteiger partial charge in [-0.05, 0) is 74.0 Å². The molecule has 3 rings (SSSR count). The second-order valence-corrected chi connectivity index (χ2v) is 11.5. The lowest BCUT2D eigenvalue weighted by Gasteiger charge is -2.30. The fraction of sp³-hybridized carbons (Fsp3) is 0.750. The molecule has 0 spiro atoms. The van der Waals surface area contributed by atoms with E-state index in [4.69, 9.17) is 0 Å². The predicted molar refractivity (Wildman–Crippen MR) is 142 cm³/mol. The minimum absolute atomic E-state index is 0.725. The van der Waals surface area contributed by atoms with Crippen molar-refractivity contribution in [3.63, 3.8) is 0 Å². The fourth-order valence-electron chi connectivity index (χ4n) is 6.28. The summed E-state index contributed by atoms with van der Waals surface area (Å²) in [5.41, 5.74) is 2.42. The summed E-state index contributed by atoms with van der Waals surface area (Å²) in [7, 11) is 0. The largest absolute Gasteiger partial charge is 0.204 e. The summed E-state index contributed by atoms with van der Waals surface area (Å²) < 4.78 is 26.5. The van der Waals surface area contributed by atoms with Crippen LogP contribution in [0.3, 0.4) is 0 Å². The molecule has 1 atom stereocenters. The zero-order chi connectivity index (χ0) is 24.0. The van der Waals surface area contributed by atoms with Gasteiger partial charge in [0, 0.05) is 0 Å². The van der Waals surface area contributed by atoms with Gasteiger partial charge in [0.25, 0.3) is 0 Å². The van der Waals surface area contributed by atoms with Gasteiger partial charge in [-0.2, -0.15) is 0 Å². The molecule has 0 aromatic heterocycles. The van der Waals surface area contributed by atoms with Crippen molar-refractivity contribution in [2.45, 2.75) is 135 Å². The van der Waals surface area contributed by atoms with Crippen molar-refractivity contribution in [2.24, 2.45) is 17.8 Å². The standard InChI is InChI=1S/C32H50F2/c1-2-3-4-5-6-7-8-9-10-26-11-13-27(14-12-26)15-16-28-17-19-29(20-18-28)21-22-30-23-24-31(33)32(34)25-30/h19,23-28H,2-18,20-22H2,1H3. The highest BCUT2D eigenvalue weighted by molar-refractivity contribution is 5.19. The lowest BCUT2D eigenvalue weighted by atomic mass is 9.76. The molecule has 1 fully saturated rings. The van der Waals surface area contributed by atoms with Crippen molar-refractivity contribution in [1.82, 2.24) is 0 Å². The Bertz CT molecular complexity index is 714. The molecule has 34 heavy (non-hydrogen) atoms. The van der Waals surface area contributed by atoms with E-state index in [0.717, 1.165) is 36.2 Å². The van der Waals surface area contributed by atoms with Crippen LogP contribution in [0.15, 0.2) is 29.8 Å². The third-order valence-electron chi connectivity index (χ3n) is 8.75. The van der Waals surface area contributed by atoms with Crippen molar-refractivity contribution in [2.75, 3.05) is 0 Å². The maximum atomic E-state index is 13.4. The van der Waals surface area contributed by atoms with E-state index in [1.54, 1.807) is 6.07 Å². The molecule has 1 aromatic carbocycles. The smallest absolute Gasteiger partial charge is 0.159 e. The lowest BCUT2D eigenvalue weighted by Crippen LogP contribution is -2.16. The number of halogens is 2. The third-order valence-corrected chi connectivity index (χ3v) is 8.75. The summed E-state index contributed by atoms with van der Waals surface area (Å²) in [6.45, 7) is 2.30. The SMILES string of the molecule is CCCCCCCCCCC1CCC(CCC2CC=C(CCc3ccc(F)c(F)c3)CC2)CC1. The first-order valence-corrected chi connectivity index (χ1v) is 14.8. The minimum atomic E-state index is -0.750. The normalized spacial score (nSPS) is 23.1. The van der Waals surface area contributed by atoms with E-state index >= 15 is 0 Å². The molecule has 0 heterocycles. The van der Waals surface area contributed by atoms with Crippen molar-refractivity contribution in [3.8, 4) is 0 Å². The highest BCUT2D eigenvalue weighted by Crippen LogP contribution is 2.37. The molecular formula is C32H50F2. The van der Waals surface area contributed by atoms with Crippen LogP contribution in [-0.4, -0.2) is 0 Å². The highest BCUT2D eigenvalue weighted by atomic mass is 19.2. The predicted octanol–water partition coefficient (Wildman–Crippen LogP) is 10.7. The molecule has 1 unspecified atom stereocenters. The van der Waals surface area contributed by atoms with Gasteiger partial charge in [0.05, 0.1) is 0 Å². The maximum Gasteiger partial charge on any atom is 0.159 e. The number of unbranched alkanes of at least 4 members (excludes halogenated alkanes) is 7. The molecule has 0 bridgehead atoms.